The maximum atomic E-state index is 10.3. The molecule has 0 aliphatic rings. The van der Waals surface area contributed by atoms with Crippen LogP contribution in [0.1, 0.15) is 0 Å². The smallest absolute Gasteiger partial charge is 0.310 e. The van der Waals surface area contributed by atoms with Gasteiger partial charge in [-0.25, -0.2) is 9.59 Å². The van der Waals surface area contributed by atoms with Crippen LogP contribution in [0.2, 0.25) is 0 Å². The molecule has 0 aliphatic heterocycles. The first-order valence-electron chi connectivity index (χ1n) is 2.41. The van der Waals surface area contributed by atoms with E-state index < -0.39 is 12.1 Å². The highest BCUT2D eigenvalue weighted by atomic mass is 16.2. The molecule has 0 unspecified atom stereocenters. The second-order valence-electron chi connectivity index (χ2n) is 1.28. The maximum absolute atomic E-state index is 10.3. The Morgan fingerprint density at radius 1 is 1.00 bits per heavy atom. The molecule has 0 spiro atoms. The zero-order chi connectivity index (χ0) is 7.28. The Hall–Kier alpha value is -1.13. The summed E-state index contributed by atoms with van der Waals surface area (Å²) in [5.41, 5.74) is 0. The third-order valence-corrected chi connectivity index (χ3v) is 0.681. The maximum Gasteiger partial charge on any atom is 0.310 e. The van der Waals surface area contributed by atoms with E-state index in [0.29, 0.717) is 0 Å². The number of urea groups is 2. The zero-order valence-corrected chi connectivity index (χ0v) is 5.32. The van der Waals surface area contributed by atoms with E-state index in [1.165, 1.54) is 16.0 Å². The van der Waals surface area contributed by atoms with Crippen LogP contribution in [-0.2, 0) is 0 Å². The van der Waals surface area contributed by atoms with Gasteiger partial charge in [0.25, 0.3) is 0 Å². The molecule has 4 amide bonds. The number of carbonyl (C=O) groups is 2. The van der Waals surface area contributed by atoms with Gasteiger partial charge in [0.1, 0.15) is 0 Å². The fourth-order valence-electron chi connectivity index (χ4n) is 0.228. The van der Waals surface area contributed by atoms with E-state index in [-0.39, 0.29) is 0 Å². The number of hydrogen-bond acceptors (Lipinski definition) is 2. The lowest BCUT2D eigenvalue weighted by Gasteiger charge is -1.99. The third kappa shape index (κ3) is 3.45. The summed E-state index contributed by atoms with van der Waals surface area (Å²) >= 11 is 0. The number of rotatable bonds is 0. The predicted octanol–water partition coefficient (Wildman–Crippen LogP) is -2.91. The summed E-state index contributed by atoms with van der Waals surface area (Å²) < 4.78 is 0. The Balaban J connectivity index is 3.47. The molecule has 48 valence electrons. The zero-order valence-electron chi connectivity index (χ0n) is 5.32. The van der Waals surface area contributed by atoms with Crippen molar-refractivity contribution in [3.05, 3.63) is 0 Å². The molecule has 0 saturated carbocycles. The van der Waals surface area contributed by atoms with Crippen LogP contribution in [0, 0.1) is 0 Å². The Morgan fingerprint density at radius 3 is 1.56 bits per heavy atom. The molecular formula is C2H7B2N3O2. The van der Waals surface area contributed by atoms with Gasteiger partial charge in [0.15, 0.2) is 0 Å². The molecule has 5 nitrogen and oxygen atoms in total. The van der Waals surface area contributed by atoms with Crippen LogP contribution in [-0.4, -0.2) is 28.0 Å². The average Bonchev–Trinajstić information content (AvgIpc) is 1.87. The van der Waals surface area contributed by atoms with Crippen molar-refractivity contribution in [3.8, 4) is 0 Å². The van der Waals surface area contributed by atoms with Crippen molar-refractivity contribution in [3.63, 3.8) is 0 Å². The molecular weight excluding hydrogens is 120 g/mol. The van der Waals surface area contributed by atoms with Crippen LogP contribution in [0.25, 0.3) is 0 Å². The van der Waals surface area contributed by atoms with Gasteiger partial charge in [0.2, 0.25) is 16.0 Å². The predicted molar refractivity (Wildman–Crippen MR) is 37.3 cm³/mol. The van der Waals surface area contributed by atoms with Crippen molar-refractivity contribution >= 4 is 28.0 Å². The van der Waals surface area contributed by atoms with Gasteiger partial charge in [-0.2, -0.15) is 0 Å². The van der Waals surface area contributed by atoms with Crippen LogP contribution >= 0.6 is 0 Å². The number of nitrogens with one attached hydrogen (secondary N) is 3. The van der Waals surface area contributed by atoms with Gasteiger partial charge in [-0.3, -0.25) is 5.32 Å². The van der Waals surface area contributed by atoms with Crippen molar-refractivity contribution in [2.45, 2.75) is 0 Å². The Bertz CT molecular complexity index is 113. The van der Waals surface area contributed by atoms with Gasteiger partial charge in [-0.05, 0) is 0 Å². The summed E-state index contributed by atoms with van der Waals surface area (Å²) in [6.07, 6.45) is 0. The molecule has 0 fully saturated rings. The molecule has 9 heavy (non-hydrogen) atoms. The number of amides is 4. The minimum absolute atomic E-state index is 0.519. The Labute approximate surface area is 54.4 Å². The molecule has 0 rings (SSSR count). The lowest BCUT2D eigenvalue weighted by molar-refractivity contribution is 0.233. The van der Waals surface area contributed by atoms with Crippen molar-refractivity contribution in [1.29, 1.82) is 0 Å². The van der Waals surface area contributed by atoms with E-state index >= 15 is 0 Å². The largest absolute Gasteiger partial charge is 0.388 e. The summed E-state index contributed by atoms with van der Waals surface area (Å²) in [5, 5.41) is 6.42. The topological polar surface area (TPSA) is 70.2 Å². The lowest BCUT2D eigenvalue weighted by Crippen LogP contribution is -2.43. The van der Waals surface area contributed by atoms with E-state index in [1.807, 2.05) is 5.32 Å². The molecule has 0 bridgehead atoms. The highest BCUT2D eigenvalue weighted by Gasteiger charge is 1.99. The SMILES string of the molecule is BNC(=O)NC(=O)NB. The molecule has 0 aromatic heterocycles. The van der Waals surface area contributed by atoms with Crippen LogP contribution in [0.3, 0.4) is 0 Å². The monoisotopic (exact) mass is 127 g/mol. The minimum Gasteiger partial charge on any atom is -0.388 e. The standard InChI is InChI=1S/C2H7B2N3O2/c3-6-1(8)5-2(9)7-4/h3-4H2,(H3,5,6,7,8,9). The second kappa shape index (κ2) is 3.82. The molecule has 0 saturated heterocycles. The van der Waals surface area contributed by atoms with Crippen molar-refractivity contribution in [1.82, 2.24) is 15.8 Å². The fraction of sp³-hybridized carbons (Fsp3) is 0. The molecule has 0 radical (unpaired) electrons. The van der Waals surface area contributed by atoms with E-state index in [2.05, 4.69) is 10.5 Å². The van der Waals surface area contributed by atoms with Crippen molar-refractivity contribution in [2.24, 2.45) is 0 Å². The number of imide groups is 1. The van der Waals surface area contributed by atoms with E-state index in [1.54, 1.807) is 0 Å². The third-order valence-electron chi connectivity index (χ3n) is 0.681. The van der Waals surface area contributed by atoms with Crippen LogP contribution in [0.15, 0.2) is 0 Å². The van der Waals surface area contributed by atoms with Gasteiger partial charge < -0.3 is 10.5 Å². The molecule has 0 aromatic carbocycles. The molecule has 7 heteroatoms. The molecule has 3 N–H and O–H groups in total. The van der Waals surface area contributed by atoms with Gasteiger partial charge in [0.05, 0.1) is 0 Å². The molecule has 0 aliphatic carbocycles. The van der Waals surface area contributed by atoms with Crippen LogP contribution in [0.5, 0.6) is 0 Å². The second-order valence-corrected chi connectivity index (χ2v) is 1.28. The van der Waals surface area contributed by atoms with Gasteiger partial charge in [-0.1, -0.05) is 0 Å². The summed E-state index contributed by atoms with van der Waals surface area (Å²) in [6.45, 7) is 0. The first-order chi connectivity index (χ1) is 4.20. The Kier molecular flexibility index (Phi) is 3.34. The van der Waals surface area contributed by atoms with Gasteiger partial charge in [0, 0.05) is 0 Å². The first-order valence-corrected chi connectivity index (χ1v) is 2.41. The lowest BCUT2D eigenvalue weighted by atomic mass is 10.4. The first kappa shape index (κ1) is 7.87. The van der Waals surface area contributed by atoms with Gasteiger partial charge >= 0.3 is 12.1 Å². The summed E-state index contributed by atoms with van der Waals surface area (Å²) in [7, 11) is 2.86. The van der Waals surface area contributed by atoms with Gasteiger partial charge in [-0.15, -0.1) is 0 Å². The van der Waals surface area contributed by atoms with Crippen LogP contribution in [0.4, 0.5) is 9.59 Å². The van der Waals surface area contributed by atoms with E-state index in [9.17, 15) is 9.59 Å². The summed E-state index contributed by atoms with van der Waals surface area (Å²) in [6, 6.07) is -1.04. The number of hydrogen-bond donors (Lipinski definition) is 3. The molecule has 0 heterocycles. The quantitative estimate of drug-likeness (QED) is 0.305. The van der Waals surface area contributed by atoms with E-state index in [4.69, 9.17) is 0 Å². The Morgan fingerprint density at radius 2 is 1.33 bits per heavy atom. The number of carbonyl (C=O) groups excluding carboxylic acids is 2. The summed E-state index contributed by atoms with van der Waals surface area (Å²) in [4.78, 5) is 20.6. The van der Waals surface area contributed by atoms with Crippen molar-refractivity contribution in [2.75, 3.05) is 0 Å². The summed E-state index contributed by atoms with van der Waals surface area (Å²) in [5.74, 6) is 0. The highest BCUT2D eigenvalue weighted by molar-refractivity contribution is 6.19. The fourth-order valence-corrected chi connectivity index (χ4v) is 0.228. The highest BCUT2D eigenvalue weighted by Crippen LogP contribution is 1.60. The normalized spacial score (nSPS) is 7.56. The average molecular weight is 127 g/mol. The van der Waals surface area contributed by atoms with E-state index in [0.717, 1.165) is 0 Å². The minimum atomic E-state index is -0.519. The van der Waals surface area contributed by atoms with Crippen molar-refractivity contribution < 1.29 is 9.59 Å². The molecule has 0 atom stereocenters. The van der Waals surface area contributed by atoms with Crippen LogP contribution < -0.4 is 15.8 Å². The molecule has 0 aromatic rings.